The van der Waals surface area contributed by atoms with Gasteiger partial charge in [0.25, 0.3) is 0 Å². The first-order valence-electron chi connectivity index (χ1n) is 8.88. The number of nitrogens with zero attached hydrogens (tertiary/aromatic N) is 2. The fraction of sp³-hybridized carbons (Fsp3) is 0.350. The monoisotopic (exact) mass is 370 g/mol. The summed E-state index contributed by atoms with van der Waals surface area (Å²) in [7, 11) is -3.46. The minimum atomic E-state index is -3.46. The van der Waals surface area contributed by atoms with Gasteiger partial charge in [0.1, 0.15) is 5.52 Å². The quantitative estimate of drug-likeness (QED) is 0.699. The van der Waals surface area contributed by atoms with E-state index in [9.17, 15) is 8.42 Å². The Kier molecular flexibility index (Phi) is 4.32. The predicted molar refractivity (Wildman–Crippen MR) is 101 cm³/mol. The van der Waals surface area contributed by atoms with E-state index in [-0.39, 0.29) is 5.92 Å². The summed E-state index contributed by atoms with van der Waals surface area (Å²) in [4.78, 5) is 4.99. The second kappa shape index (κ2) is 6.52. The van der Waals surface area contributed by atoms with Crippen molar-refractivity contribution in [2.45, 2.75) is 37.5 Å². The number of para-hydroxylation sites is 2. The first-order chi connectivity index (χ1) is 12.4. The van der Waals surface area contributed by atoms with E-state index in [1.165, 1.54) is 0 Å². The molecule has 1 saturated heterocycles. The molecule has 0 spiro atoms. The maximum absolute atomic E-state index is 13.0. The minimum absolute atomic E-state index is 0.160. The zero-order valence-corrected chi connectivity index (χ0v) is 15.8. The van der Waals surface area contributed by atoms with Gasteiger partial charge < -0.3 is 4.42 Å². The van der Waals surface area contributed by atoms with Gasteiger partial charge in [-0.1, -0.05) is 24.3 Å². The van der Waals surface area contributed by atoms with Gasteiger partial charge in [0.2, 0.25) is 10.0 Å². The maximum atomic E-state index is 13.0. The standard InChI is InChI=1S/C20H22N2O3S/c1-14-7-8-15(2)19(13-14)26(23,24)22-11-9-16(10-12-22)20-21-17-5-3-4-6-18(17)25-20/h3-8,13,16H,9-12H2,1-2H3. The lowest BCUT2D eigenvalue weighted by Gasteiger charge is -2.30. The Morgan fingerprint density at radius 2 is 1.81 bits per heavy atom. The van der Waals surface area contributed by atoms with Crippen molar-refractivity contribution >= 4 is 21.1 Å². The van der Waals surface area contributed by atoms with Gasteiger partial charge in [-0.05, 0) is 56.0 Å². The fourth-order valence-electron chi connectivity index (χ4n) is 3.53. The SMILES string of the molecule is Cc1ccc(C)c(S(=O)(=O)N2CCC(c3nc4ccccc4o3)CC2)c1. The lowest BCUT2D eigenvalue weighted by atomic mass is 9.98. The van der Waals surface area contributed by atoms with Crippen LogP contribution in [-0.2, 0) is 10.0 Å². The molecule has 4 rings (SSSR count). The summed E-state index contributed by atoms with van der Waals surface area (Å²) in [6.45, 7) is 4.73. The van der Waals surface area contributed by atoms with Crippen LogP contribution in [0.25, 0.3) is 11.1 Å². The highest BCUT2D eigenvalue weighted by Crippen LogP contribution is 2.32. The van der Waals surface area contributed by atoms with Crippen LogP contribution >= 0.6 is 0 Å². The largest absolute Gasteiger partial charge is 0.440 e. The van der Waals surface area contributed by atoms with Crippen LogP contribution in [0.15, 0.2) is 51.8 Å². The molecule has 0 unspecified atom stereocenters. The molecule has 1 aromatic heterocycles. The van der Waals surface area contributed by atoms with Crippen LogP contribution in [0, 0.1) is 13.8 Å². The summed E-state index contributed by atoms with van der Waals surface area (Å²) in [5, 5.41) is 0. The van der Waals surface area contributed by atoms with Crippen LogP contribution in [0.2, 0.25) is 0 Å². The van der Waals surface area contributed by atoms with E-state index in [1.54, 1.807) is 10.4 Å². The van der Waals surface area contributed by atoms with Gasteiger partial charge in [0, 0.05) is 19.0 Å². The van der Waals surface area contributed by atoms with Crippen molar-refractivity contribution < 1.29 is 12.8 Å². The lowest BCUT2D eigenvalue weighted by molar-refractivity contribution is 0.293. The van der Waals surface area contributed by atoms with E-state index in [1.807, 2.05) is 50.2 Å². The van der Waals surface area contributed by atoms with Crippen LogP contribution in [0.1, 0.15) is 35.8 Å². The fourth-order valence-corrected chi connectivity index (χ4v) is 5.31. The second-order valence-electron chi connectivity index (χ2n) is 6.97. The van der Waals surface area contributed by atoms with Crippen LogP contribution in [0.5, 0.6) is 0 Å². The average Bonchev–Trinajstić information content (AvgIpc) is 3.08. The number of hydrogen-bond acceptors (Lipinski definition) is 4. The number of aromatic nitrogens is 1. The van der Waals surface area contributed by atoms with Crippen molar-refractivity contribution in [3.8, 4) is 0 Å². The Morgan fingerprint density at radius 1 is 1.08 bits per heavy atom. The van der Waals surface area contributed by atoms with Crippen LogP contribution < -0.4 is 0 Å². The van der Waals surface area contributed by atoms with Gasteiger partial charge in [0.05, 0.1) is 4.90 Å². The molecule has 1 fully saturated rings. The number of sulfonamides is 1. The molecule has 0 aliphatic carbocycles. The normalized spacial score (nSPS) is 17.0. The highest BCUT2D eigenvalue weighted by Gasteiger charge is 2.32. The van der Waals surface area contributed by atoms with E-state index >= 15 is 0 Å². The molecule has 5 nitrogen and oxygen atoms in total. The molecule has 1 aliphatic heterocycles. The van der Waals surface area contributed by atoms with Gasteiger partial charge >= 0.3 is 0 Å². The molecule has 0 bridgehead atoms. The smallest absolute Gasteiger partial charge is 0.243 e. The van der Waals surface area contributed by atoms with E-state index < -0.39 is 10.0 Å². The van der Waals surface area contributed by atoms with Gasteiger partial charge in [-0.25, -0.2) is 13.4 Å². The molecular formula is C20H22N2O3S. The van der Waals surface area contributed by atoms with Crippen LogP contribution in [0.3, 0.4) is 0 Å². The Labute approximate surface area is 153 Å². The summed E-state index contributed by atoms with van der Waals surface area (Å²) in [6, 6.07) is 13.3. The zero-order chi connectivity index (χ0) is 18.3. The zero-order valence-electron chi connectivity index (χ0n) is 15.0. The number of piperidine rings is 1. The van der Waals surface area contributed by atoms with Gasteiger partial charge in [-0.2, -0.15) is 4.31 Å². The minimum Gasteiger partial charge on any atom is -0.440 e. The highest BCUT2D eigenvalue weighted by atomic mass is 32.2. The molecule has 0 amide bonds. The Balaban J connectivity index is 1.53. The topological polar surface area (TPSA) is 63.4 Å². The predicted octanol–water partition coefficient (Wildman–Crippen LogP) is 4.01. The first-order valence-corrected chi connectivity index (χ1v) is 10.3. The van der Waals surface area contributed by atoms with E-state index in [0.717, 1.165) is 41.0 Å². The molecule has 136 valence electrons. The van der Waals surface area contributed by atoms with E-state index in [0.29, 0.717) is 18.0 Å². The number of hydrogen-bond donors (Lipinski definition) is 0. The summed E-state index contributed by atoms with van der Waals surface area (Å²) >= 11 is 0. The molecule has 2 heterocycles. The number of oxazole rings is 1. The number of fused-ring (bicyclic) bond motifs is 1. The Hall–Kier alpha value is -2.18. The van der Waals surface area contributed by atoms with Crippen LogP contribution in [-0.4, -0.2) is 30.8 Å². The van der Waals surface area contributed by atoms with Gasteiger partial charge in [-0.15, -0.1) is 0 Å². The second-order valence-corrected chi connectivity index (χ2v) is 8.87. The number of aryl methyl sites for hydroxylation is 2. The summed E-state index contributed by atoms with van der Waals surface area (Å²) in [6.07, 6.45) is 1.44. The van der Waals surface area contributed by atoms with Gasteiger partial charge in [0.15, 0.2) is 11.5 Å². The number of rotatable bonds is 3. The molecule has 2 aromatic carbocycles. The molecule has 0 N–H and O–H groups in total. The molecule has 0 atom stereocenters. The summed E-state index contributed by atoms with van der Waals surface area (Å²) in [5.74, 6) is 0.877. The van der Waals surface area contributed by atoms with Crippen molar-refractivity contribution in [1.82, 2.24) is 9.29 Å². The highest BCUT2D eigenvalue weighted by molar-refractivity contribution is 7.89. The van der Waals surface area contributed by atoms with Crippen molar-refractivity contribution in [2.75, 3.05) is 13.1 Å². The molecule has 1 aliphatic rings. The van der Waals surface area contributed by atoms with Crippen molar-refractivity contribution in [2.24, 2.45) is 0 Å². The molecule has 26 heavy (non-hydrogen) atoms. The van der Waals surface area contributed by atoms with Crippen molar-refractivity contribution in [1.29, 1.82) is 0 Å². The molecule has 0 radical (unpaired) electrons. The summed E-state index contributed by atoms with van der Waals surface area (Å²) in [5.41, 5.74) is 3.38. The Morgan fingerprint density at radius 3 is 2.54 bits per heavy atom. The molecule has 0 saturated carbocycles. The average molecular weight is 370 g/mol. The molecule has 6 heteroatoms. The summed E-state index contributed by atoms with van der Waals surface area (Å²) < 4.78 is 33.5. The van der Waals surface area contributed by atoms with Crippen molar-refractivity contribution in [3.05, 3.63) is 59.5 Å². The molecular weight excluding hydrogens is 348 g/mol. The van der Waals surface area contributed by atoms with Crippen molar-refractivity contribution in [3.63, 3.8) is 0 Å². The Bertz CT molecular complexity index is 1010. The third kappa shape index (κ3) is 3.04. The van der Waals surface area contributed by atoms with E-state index in [4.69, 9.17) is 4.42 Å². The van der Waals surface area contributed by atoms with Crippen LogP contribution in [0.4, 0.5) is 0 Å². The molecule has 3 aromatic rings. The lowest BCUT2D eigenvalue weighted by Crippen LogP contribution is -2.38. The number of benzene rings is 2. The maximum Gasteiger partial charge on any atom is 0.243 e. The third-order valence-corrected chi connectivity index (χ3v) is 7.12. The van der Waals surface area contributed by atoms with Gasteiger partial charge in [-0.3, -0.25) is 0 Å². The first kappa shape index (κ1) is 17.2. The van der Waals surface area contributed by atoms with E-state index in [2.05, 4.69) is 4.98 Å². The third-order valence-electron chi connectivity index (χ3n) is 5.08.